The topological polar surface area (TPSA) is 104 Å². The molecule has 5 rings (SSSR count). The van der Waals surface area contributed by atoms with Crippen LogP contribution in [0, 0.1) is 20.8 Å². The van der Waals surface area contributed by atoms with Crippen molar-refractivity contribution in [2.24, 2.45) is 0 Å². The normalized spacial score (nSPS) is 11.2. The number of nitrogens with one attached hydrogen (secondary N) is 1. The molecular weight excluding hydrogens is 394 g/mol. The number of benzene rings is 1. The van der Waals surface area contributed by atoms with E-state index in [-0.39, 0.29) is 11.7 Å². The Kier molecular flexibility index (Phi) is 4.36. The van der Waals surface area contributed by atoms with Gasteiger partial charge >= 0.3 is 0 Å². The Labute approximate surface area is 177 Å². The Morgan fingerprint density at radius 2 is 1.94 bits per heavy atom. The second kappa shape index (κ2) is 7.21. The van der Waals surface area contributed by atoms with Gasteiger partial charge in [0, 0.05) is 6.07 Å². The number of aromatic nitrogens is 6. The van der Waals surface area contributed by atoms with E-state index >= 15 is 0 Å². The van der Waals surface area contributed by atoms with Crippen molar-refractivity contribution in [3.8, 4) is 11.5 Å². The number of hydrogen-bond donors (Lipinski definition) is 1. The third-order valence-electron chi connectivity index (χ3n) is 5.17. The highest BCUT2D eigenvalue weighted by Gasteiger charge is 2.19. The molecule has 9 nitrogen and oxygen atoms in total. The summed E-state index contributed by atoms with van der Waals surface area (Å²) in [6.07, 6.45) is 4.63. The Hall–Kier alpha value is -4.27. The first kappa shape index (κ1) is 18.7. The molecule has 0 spiro atoms. The number of carbonyl (C=O) groups is 1. The Balaban J connectivity index is 1.62. The monoisotopic (exact) mass is 413 g/mol. The molecular formula is C22H19N7O2. The first-order chi connectivity index (χ1) is 15.0. The number of aryl methyl sites for hydroxylation is 2. The molecule has 4 heterocycles. The number of anilines is 1. The van der Waals surface area contributed by atoms with Crippen LogP contribution in [0.5, 0.6) is 0 Å². The molecule has 0 atom stereocenters. The summed E-state index contributed by atoms with van der Waals surface area (Å²) in [5.41, 5.74) is 4.61. The molecule has 1 aromatic carbocycles. The molecule has 5 aromatic rings. The van der Waals surface area contributed by atoms with E-state index in [0.29, 0.717) is 22.7 Å². The summed E-state index contributed by atoms with van der Waals surface area (Å²) in [4.78, 5) is 21.4. The average Bonchev–Trinajstić information content (AvgIpc) is 3.50. The zero-order chi connectivity index (χ0) is 21.5. The summed E-state index contributed by atoms with van der Waals surface area (Å²) in [5, 5.41) is 12.6. The molecule has 1 amide bonds. The van der Waals surface area contributed by atoms with Crippen molar-refractivity contribution in [1.82, 2.24) is 29.5 Å². The summed E-state index contributed by atoms with van der Waals surface area (Å²) in [7, 11) is 0. The van der Waals surface area contributed by atoms with Crippen molar-refractivity contribution in [3.05, 3.63) is 77.8 Å². The average molecular weight is 413 g/mol. The van der Waals surface area contributed by atoms with E-state index in [0.717, 1.165) is 16.9 Å². The van der Waals surface area contributed by atoms with Gasteiger partial charge in [-0.15, -0.1) is 0 Å². The van der Waals surface area contributed by atoms with Crippen molar-refractivity contribution in [3.63, 3.8) is 0 Å². The molecule has 154 valence electrons. The fraction of sp³-hybridized carbons (Fsp3) is 0.136. The number of carbonyl (C=O) groups excluding carboxylic acids is 1. The minimum absolute atomic E-state index is 0.209. The first-order valence-electron chi connectivity index (χ1n) is 9.70. The fourth-order valence-corrected chi connectivity index (χ4v) is 3.48. The van der Waals surface area contributed by atoms with E-state index in [1.54, 1.807) is 33.8 Å². The molecule has 0 fully saturated rings. The van der Waals surface area contributed by atoms with Crippen LogP contribution in [0.15, 0.2) is 59.6 Å². The molecule has 0 saturated heterocycles. The largest absolute Gasteiger partial charge is 0.459 e. The highest BCUT2D eigenvalue weighted by Crippen LogP contribution is 2.26. The third-order valence-corrected chi connectivity index (χ3v) is 5.17. The van der Waals surface area contributed by atoms with Crippen LogP contribution in [0.3, 0.4) is 0 Å². The van der Waals surface area contributed by atoms with Gasteiger partial charge in [0.15, 0.2) is 17.2 Å². The molecule has 0 unspecified atom stereocenters. The highest BCUT2D eigenvalue weighted by atomic mass is 16.3. The molecule has 1 N–H and O–H groups in total. The van der Waals surface area contributed by atoms with Gasteiger partial charge in [0.25, 0.3) is 5.91 Å². The van der Waals surface area contributed by atoms with Crippen LogP contribution < -0.4 is 5.32 Å². The molecule has 4 aromatic heterocycles. The highest BCUT2D eigenvalue weighted by molar-refractivity contribution is 6.02. The van der Waals surface area contributed by atoms with Gasteiger partial charge in [-0.2, -0.15) is 14.9 Å². The number of fused-ring (bicyclic) bond motifs is 1. The lowest BCUT2D eigenvalue weighted by molar-refractivity contribution is 0.0996. The standard InChI is InChI=1S/C22H19N7O2/c1-13-6-4-7-17(15(13)3)28-20-16(11-25-28)21(24-12-23-20)29-19(10-14(2)27-29)26-22(30)18-8-5-9-31-18/h4-12H,1-3H3,(H,26,30). The predicted octanol–water partition coefficient (Wildman–Crippen LogP) is 3.77. The van der Waals surface area contributed by atoms with Gasteiger partial charge in [0.05, 0.1) is 29.2 Å². The van der Waals surface area contributed by atoms with Gasteiger partial charge < -0.3 is 9.73 Å². The van der Waals surface area contributed by atoms with Crippen molar-refractivity contribution in [1.29, 1.82) is 0 Å². The minimum atomic E-state index is -0.373. The number of hydrogen-bond acceptors (Lipinski definition) is 6. The number of nitrogens with zero attached hydrogens (tertiary/aromatic N) is 6. The fourth-order valence-electron chi connectivity index (χ4n) is 3.48. The molecule has 31 heavy (non-hydrogen) atoms. The number of amides is 1. The third kappa shape index (κ3) is 3.16. The zero-order valence-electron chi connectivity index (χ0n) is 17.2. The van der Waals surface area contributed by atoms with Gasteiger partial charge in [-0.1, -0.05) is 12.1 Å². The number of furan rings is 1. The second-order valence-electron chi connectivity index (χ2n) is 7.22. The number of rotatable bonds is 4. The molecule has 0 aliphatic carbocycles. The quantitative estimate of drug-likeness (QED) is 0.481. The van der Waals surface area contributed by atoms with E-state index in [4.69, 9.17) is 4.42 Å². The zero-order valence-corrected chi connectivity index (χ0v) is 17.2. The van der Waals surface area contributed by atoms with Gasteiger partial charge in [0.2, 0.25) is 0 Å². The van der Waals surface area contributed by atoms with Gasteiger partial charge in [0.1, 0.15) is 12.1 Å². The molecule has 0 aliphatic rings. The summed E-state index contributed by atoms with van der Waals surface area (Å²) in [6.45, 7) is 5.96. The van der Waals surface area contributed by atoms with Crippen LogP contribution >= 0.6 is 0 Å². The van der Waals surface area contributed by atoms with Gasteiger partial charge in [-0.25, -0.2) is 14.6 Å². The molecule has 0 bridgehead atoms. The summed E-state index contributed by atoms with van der Waals surface area (Å²) in [6, 6.07) is 11.1. The van der Waals surface area contributed by atoms with Crippen LogP contribution in [0.25, 0.3) is 22.5 Å². The van der Waals surface area contributed by atoms with Crippen LogP contribution in [0.4, 0.5) is 5.82 Å². The van der Waals surface area contributed by atoms with Crippen LogP contribution in [0.1, 0.15) is 27.4 Å². The Bertz CT molecular complexity index is 1410. The van der Waals surface area contributed by atoms with E-state index in [2.05, 4.69) is 45.4 Å². The van der Waals surface area contributed by atoms with E-state index < -0.39 is 0 Å². The van der Waals surface area contributed by atoms with Crippen molar-refractivity contribution >= 4 is 22.8 Å². The maximum Gasteiger partial charge on any atom is 0.292 e. The molecule has 0 saturated carbocycles. The van der Waals surface area contributed by atoms with Gasteiger partial charge in [-0.3, -0.25) is 4.79 Å². The maximum absolute atomic E-state index is 12.5. The summed E-state index contributed by atoms with van der Waals surface area (Å²) in [5.74, 6) is 0.825. The minimum Gasteiger partial charge on any atom is -0.459 e. The smallest absolute Gasteiger partial charge is 0.292 e. The van der Waals surface area contributed by atoms with Crippen LogP contribution in [-0.2, 0) is 0 Å². The molecule has 9 heteroatoms. The van der Waals surface area contributed by atoms with Crippen molar-refractivity contribution < 1.29 is 9.21 Å². The molecule has 0 aliphatic heterocycles. The Morgan fingerprint density at radius 3 is 2.74 bits per heavy atom. The SMILES string of the molecule is Cc1cc(NC(=O)c2ccco2)n(-c2ncnc3c2cnn3-c2cccc(C)c2C)n1. The van der Waals surface area contributed by atoms with Gasteiger partial charge in [-0.05, 0) is 50.1 Å². The Morgan fingerprint density at radius 1 is 1.06 bits per heavy atom. The van der Waals surface area contributed by atoms with Crippen LogP contribution in [-0.4, -0.2) is 35.4 Å². The second-order valence-corrected chi connectivity index (χ2v) is 7.22. The van der Waals surface area contributed by atoms with E-state index in [1.165, 1.54) is 18.2 Å². The predicted molar refractivity (Wildman–Crippen MR) is 115 cm³/mol. The summed E-state index contributed by atoms with van der Waals surface area (Å²) < 4.78 is 8.55. The lowest BCUT2D eigenvalue weighted by Gasteiger charge is -2.10. The van der Waals surface area contributed by atoms with Crippen molar-refractivity contribution in [2.75, 3.05) is 5.32 Å². The molecule has 0 radical (unpaired) electrons. The maximum atomic E-state index is 12.5. The summed E-state index contributed by atoms with van der Waals surface area (Å²) >= 11 is 0. The van der Waals surface area contributed by atoms with E-state index in [9.17, 15) is 4.79 Å². The van der Waals surface area contributed by atoms with Crippen molar-refractivity contribution in [2.45, 2.75) is 20.8 Å². The van der Waals surface area contributed by atoms with E-state index in [1.807, 2.05) is 19.1 Å². The lowest BCUT2D eigenvalue weighted by atomic mass is 10.1. The lowest BCUT2D eigenvalue weighted by Crippen LogP contribution is -2.15. The van der Waals surface area contributed by atoms with Crippen LogP contribution in [0.2, 0.25) is 0 Å². The first-order valence-corrected chi connectivity index (χ1v) is 9.70.